The van der Waals surface area contributed by atoms with Crippen LogP contribution in [0.1, 0.15) is 40.5 Å². The van der Waals surface area contributed by atoms with E-state index in [4.69, 9.17) is 8.37 Å². The van der Waals surface area contributed by atoms with Gasteiger partial charge in [-0.05, 0) is 32.6 Å². The van der Waals surface area contributed by atoms with E-state index in [-0.39, 0.29) is 6.10 Å². The van der Waals surface area contributed by atoms with E-state index >= 15 is 0 Å². The first kappa shape index (κ1) is 13.1. The molecule has 0 radical (unpaired) electrons. The van der Waals surface area contributed by atoms with E-state index in [0.29, 0.717) is 12.5 Å². The molecule has 1 atom stereocenters. The van der Waals surface area contributed by atoms with Crippen molar-refractivity contribution in [2.24, 2.45) is 5.92 Å². The zero-order valence-electron chi connectivity index (χ0n) is 8.91. The number of hydrogen-bond acceptors (Lipinski definition) is 3. The molecule has 4 heteroatoms. The van der Waals surface area contributed by atoms with Gasteiger partial charge in [-0.15, -0.1) is 0 Å². The lowest BCUT2D eigenvalue weighted by atomic mass is 10.1. The van der Waals surface area contributed by atoms with Crippen molar-refractivity contribution in [3.8, 4) is 0 Å². The average Bonchev–Trinajstić information content (AvgIpc) is 1.96. The summed E-state index contributed by atoms with van der Waals surface area (Å²) in [7, 11) is 0. The van der Waals surface area contributed by atoms with Crippen LogP contribution in [0.4, 0.5) is 0 Å². The van der Waals surface area contributed by atoms with Crippen molar-refractivity contribution < 1.29 is 12.6 Å². The molecule has 0 aliphatic rings. The minimum absolute atomic E-state index is 0.0501. The fourth-order valence-electron chi connectivity index (χ4n) is 0.803. The Morgan fingerprint density at radius 2 is 1.85 bits per heavy atom. The van der Waals surface area contributed by atoms with Gasteiger partial charge in [-0.3, -0.25) is 8.37 Å². The highest BCUT2D eigenvalue weighted by atomic mass is 32.2. The summed E-state index contributed by atoms with van der Waals surface area (Å²) in [4.78, 5) is 0. The molecule has 0 spiro atoms. The van der Waals surface area contributed by atoms with Gasteiger partial charge >= 0.3 is 11.4 Å². The molecule has 0 heterocycles. The van der Waals surface area contributed by atoms with Gasteiger partial charge in [0, 0.05) is 0 Å². The summed E-state index contributed by atoms with van der Waals surface area (Å²) in [6.45, 7) is 8.48. The third kappa shape index (κ3) is 9.99. The Labute approximate surface area is 83.7 Å². The normalized spacial score (nSPS) is 14.0. The standard InChI is InChI=1S/C9H20O3S/c1-8(2)6-5-7-11-13(10)12-9(3)4/h8-9H,5-7H2,1-4H3. The largest absolute Gasteiger partial charge is 0.304 e. The molecule has 0 rings (SSSR count). The van der Waals surface area contributed by atoms with Crippen molar-refractivity contribution in [1.29, 1.82) is 0 Å². The van der Waals surface area contributed by atoms with Gasteiger partial charge in [-0.1, -0.05) is 13.8 Å². The van der Waals surface area contributed by atoms with Gasteiger partial charge in [-0.25, -0.2) is 0 Å². The minimum Gasteiger partial charge on any atom is -0.268 e. The fraction of sp³-hybridized carbons (Fsp3) is 1.00. The van der Waals surface area contributed by atoms with Crippen LogP contribution in [-0.2, 0) is 19.7 Å². The van der Waals surface area contributed by atoms with E-state index in [9.17, 15) is 4.21 Å². The second-order valence-corrected chi connectivity index (χ2v) is 4.54. The van der Waals surface area contributed by atoms with Gasteiger partial charge in [0.05, 0.1) is 12.7 Å². The fourth-order valence-corrected chi connectivity index (χ4v) is 1.43. The molecule has 80 valence electrons. The Balaban J connectivity index is 3.27. The summed E-state index contributed by atoms with van der Waals surface area (Å²) in [6.07, 6.45) is 1.98. The Morgan fingerprint density at radius 3 is 2.31 bits per heavy atom. The quantitative estimate of drug-likeness (QED) is 0.603. The first-order valence-electron chi connectivity index (χ1n) is 4.74. The molecular weight excluding hydrogens is 188 g/mol. The van der Waals surface area contributed by atoms with Gasteiger partial charge in [0.1, 0.15) is 0 Å². The van der Waals surface area contributed by atoms with Gasteiger partial charge in [-0.2, -0.15) is 4.21 Å². The van der Waals surface area contributed by atoms with Crippen LogP contribution in [0.25, 0.3) is 0 Å². The van der Waals surface area contributed by atoms with Gasteiger partial charge < -0.3 is 0 Å². The molecule has 0 fully saturated rings. The molecule has 0 saturated carbocycles. The van der Waals surface area contributed by atoms with E-state index in [1.807, 2.05) is 13.8 Å². The van der Waals surface area contributed by atoms with E-state index in [0.717, 1.165) is 12.8 Å². The van der Waals surface area contributed by atoms with Crippen LogP contribution in [0.5, 0.6) is 0 Å². The predicted molar refractivity (Wildman–Crippen MR) is 54.4 cm³/mol. The molecule has 0 amide bonds. The monoisotopic (exact) mass is 208 g/mol. The summed E-state index contributed by atoms with van der Waals surface area (Å²) in [5.74, 6) is 0.669. The van der Waals surface area contributed by atoms with Crippen LogP contribution in [0.15, 0.2) is 0 Å². The van der Waals surface area contributed by atoms with Gasteiger partial charge in [0.25, 0.3) is 0 Å². The Bertz CT molecular complexity index is 146. The summed E-state index contributed by atoms with van der Waals surface area (Å²) in [5, 5.41) is 0. The van der Waals surface area contributed by atoms with Crippen LogP contribution in [0.2, 0.25) is 0 Å². The Kier molecular flexibility index (Phi) is 7.51. The highest BCUT2D eigenvalue weighted by Crippen LogP contribution is 2.04. The Hall–Kier alpha value is 0.0700. The smallest absolute Gasteiger partial charge is 0.268 e. The highest BCUT2D eigenvalue weighted by Gasteiger charge is 2.03. The van der Waals surface area contributed by atoms with E-state index in [2.05, 4.69) is 13.8 Å². The highest BCUT2D eigenvalue weighted by molar-refractivity contribution is 7.75. The maximum absolute atomic E-state index is 11.0. The van der Waals surface area contributed by atoms with Crippen LogP contribution < -0.4 is 0 Å². The lowest BCUT2D eigenvalue weighted by Crippen LogP contribution is -2.09. The van der Waals surface area contributed by atoms with Crippen molar-refractivity contribution in [2.45, 2.75) is 46.6 Å². The lowest BCUT2D eigenvalue weighted by Gasteiger charge is -2.07. The van der Waals surface area contributed by atoms with E-state index < -0.39 is 11.4 Å². The lowest BCUT2D eigenvalue weighted by molar-refractivity contribution is 0.204. The molecule has 13 heavy (non-hydrogen) atoms. The number of hydrogen-bond donors (Lipinski definition) is 0. The third-order valence-electron chi connectivity index (χ3n) is 1.38. The topological polar surface area (TPSA) is 35.5 Å². The Morgan fingerprint density at radius 1 is 1.23 bits per heavy atom. The van der Waals surface area contributed by atoms with Gasteiger partial charge in [0.15, 0.2) is 0 Å². The van der Waals surface area contributed by atoms with E-state index in [1.165, 1.54) is 0 Å². The first-order chi connectivity index (χ1) is 6.02. The maximum atomic E-state index is 11.0. The maximum Gasteiger partial charge on any atom is 0.304 e. The molecule has 1 unspecified atom stereocenters. The molecule has 0 aromatic carbocycles. The second kappa shape index (κ2) is 7.47. The van der Waals surface area contributed by atoms with Crippen LogP contribution in [0.3, 0.4) is 0 Å². The molecule has 0 bridgehead atoms. The molecule has 0 aliphatic carbocycles. The van der Waals surface area contributed by atoms with Crippen molar-refractivity contribution in [2.75, 3.05) is 6.61 Å². The number of rotatable bonds is 7. The molecule has 0 saturated heterocycles. The summed E-state index contributed by atoms with van der Waals surface area (Å²) in [5.41, 5.74) is 0. The third-order valence-corrected chi connectivity index (χ3v) is 2.28. The van der Waals surface area contributed by atoms with Crippen molar-refractivity contribution in [3.63, 3.8) is 0 Å². The van der Waals surface area contributed by atoms with Gasteiger partial charge in [0.2, 0.25) is 0 Å². The van der Waals surface area contributed by atoms with Crippen molar-refractivity contribution in [3.05, 3.63) is 0 Å². The predicted octanol–water partition coefficient (Wildman–Crippen LogP) is 2.44. The van der Waals surface area contributed by atoms with Crippen LogP contribution in [-0.4, -0.2) is 16.9 Å². The minimum atomic E-state index is -1.56. The molecule has 0 aliphatic heterocycles. The SMILES string of the molecule is CC(C)CCCOS(=O)OC(C)C. The molecule has 0 aromatic heterocycles. The van der Waals surface area contributed by atoms with Crippen molar-refractivity contribution in [1.82, 2.24) is 0 Å². The first-order valence-corrected chi connectivity index (χ1v) is 5.74. The molecule has 3 nitrogen and oxygen atoms in total. The summed E-state index contributed by atoms with van der Waals surface area (Å²) in [6, 6.07) is 0. The van der Waals surface area contributed by atoms with E-state index in [1.54, 1.807) is 0 Å². The molecule has 0 N–H and O–H groups in total. The zero-order chi connectivity index (χ0) is 10.3. The summed E-state index contributed by atoms with van der Waals surface area (Å²) < 4.78 is 20.8. The second-order valence-electron chi connectivity index (χ2n) is 3.71. The van der Waals surface area contributed by atoms with Crippen LogP contribution in [0, 0.1) is 5.92 Å². The molecule has 0 aromatic rings. The zero-order valence-corrected chi connectivity index (χ0v) is 9.73. The summed E-state index contributed by atoms with van der Waals surface area (Å²) >= 11 is -1.56. The average molecular weight is 208 g/mol. The molecular formula is C9H20O3S. The van der Waals surface area contributed by atoms with Crippen LogP contribution >= 0.6 is 0 Å². The van der Waals surface area contributed by atoms with Crippen molar-refractivity contribution >= 4 is 11.4 Å².